The molecule has 1 saturated carbocycles. The summed E-state index contributed by atoms with van der Waals surface area (Å²) in [6.07, 6.45) is 5.38. The number of aromatic nitrogens is 1. The first-order valence-corrected chi connectivity index (χ1v) is 6.54. The van der Waals surface area contributed by atoms with Gasteiger partial charge >= 0.3 is 0 Å². The lowest BCUT2D eigenvalue weighted by atomic mass is 9.66. The number of aryl methyl sites for hydroxylation is 1. The molecule has 0 aliphatic heterocycles. The number of pyridine rings is 1. The van der Waals surface area contributed by atoms with Gasteiger partial charge in [0.15, 0.2) is 5.15 Å². The number of rotatable bonds is 4. The second-order valence-corrected chi connectivity index (χ2v) is 5.49. The first-order chi connectivity index (χ1) is 8.54. The summed E-state index contributed by atoms with van der Waals surface area (Å²) in [5, 5.41) is 3.14. The first kappa shape index (κ1) is 13.3. The van der Waals surface area contributed by atoms with Crippen molar-refractivity contribution >= 4 is 23.2 Å². The van der Waals surface area contributed by atoms with Gasteiger partial charge < -0.3 is 11.1 Å². The van der Waals surface area contributed by atoms with Crippen LogP contribution in [0.25, 0.3) is 0 Å². The smallest absolute Gasteiger partial charge is 0.225 e. The van der Waals surface area contributed by atoms with Gasteiger partial charge in [-0.1, -0.05) is 18.0 Å². The minimum absolute atomic E-state index is 0.00775. The van der Waals surface area contributed by atoms with Crippen LogP contribution in [0.5, 0.6) is 0 Å². The molecule has 0 atom stereocenters. The number of amides is 1. The van der Waals surface area contributed by atoms with E-state index in [1.807, 2.05) is 13.0 Å². The van der Waals surface area contributed by atoms with Crippen molar-refractivity contribution in [3.63, 3.8) is 0 Å². The third-order valence-corrected chi connectivity index (χ3v) is 3.93. The van der Waals surface area contributed by atoms with Gasteiger partial charge in [0.25, 0.3) is 0 Å². The average Bonchev–Trinajstić information content (AvgIpc) is 2.28. The second kappa shape index (κ2) is 5.24. The summed E-state index contributed by atoms with van der Waals surface area (Å²) < 4.78 is 0. The number of nitrogens with one attached hydrogen (secondary N) is 1. The first-order valence-electron chi connectivity index (χ1n) is 6.17. The van der Waals surface area contributed by atoms with Gasteiger partial charge in [-0.25, -0.2) is 4.98 Å². The van der Waals surface area contributed by atoms with Gasteiger partial charge in [0, 0.05) is 12.6 Å². The normalized spacial score (nSPS) is 17.1. The van der Waals surface area contributed by atoms with Crippen LogP contribution in [0.2, 0.25) is 5.15 Å². The van der Waals surface area contributed by atoms with E-state index in [-0.39, 0.29) is 11.3 Å². The molecule has 18 heavy (non-hydrogen) atoms. The van der Waals surface area contributed by atoms with E-state index in [2.05, 4.69) is 10.3 Å². The predicted molar refractivity (Wildman–Crippen MR) is 72.6 cm³/mol. The number of hydrogen-bond acceptors (Lipinski definition) is 3. The molecule has 1 heterocycles. The number of carbonyl (C=O) groups is 1. The summed E-state index contributed by atoms with van der Waals surface area (Å²) in [5.41, 5.74) is 7.30. The fraction of sp³-hybridized carbons (Fsp3) is 0.538. The monoisotopic (exact) mass is 267 g/mol. The minimum Gasteiger partial charge on any atom is -0.330 e. The van der Waals surface area contributed by atoms with Gasteiger partial charge in [-0.05, 0) is 43.4 Å². The summed E-state index contributed by atoms with van der Waals surface area (Å²) >= 11 is 5.94. The van der Waals surface area contributed by atoms with Gasteiger partial charge in [0.1, 0.15) is 0 Å². The molecule has 2 rings (SSSR count). The lowest BCUT2D eigenvalue weighted by Gasteiger charge is -2.40. The van der Waals surface area contributed by atoms with E-state index in [1.54, 1.807) is 6.20 Å². The van der Waals surface area contributed by atoms with E-state index in [9.17, 15) is 4.79 Å². The van der Waals surface area contributed by atoms with Crippen molar-refractivity contribution in [1.82, 2.24) is 4.98 Å². The highest BCUT2D eigenvalue weighted by atomic mass is 35.5. The Morgan fingerprint density at radius 3 is 2.89 bits per heavy atom. The largest absolute Gasteiger partial charge is 0.330 e. The molecule has 1 fully saturated rings. The maximum atomic E-state index is 12.0. The SMILES string of the molecule is Cc1cnc(Cl)c(NC(=O)CC2(CN)CCC2)c1. The zero-order valence-corrected chi connectivity index (χ0v) is 11.3. The molecule has 1 aliphatic rings. The quantitative estimate of drug-likeness (QED) is 0.824. The molecule has 3 N–H and O–H groups in total. The number of carbonyl (C=O) groups excluding carboxylic acids is 1. The van der Waals surface area contributed by atoms with Crippen molar-refractivity contribution in [2.24, 2.45) is 11.1 Å². The number of halogens is 1. The Morgan fingerprint density at radius 2 is 2.33 bits per heavy atom. The molecule has 0 saturated heterocycles. The van der Waals surface area contributed by atoms with Crippen molar-refractivity contribution in [1.29, 1.82) is 0 Å². The van der Waals surface area contributed by atoms with E-state index in [4.69, 9.17) is 17.3 Å². The van der Waals surface area contributed by atoms with Gasteiger partial charge in [-0.3, -0.25) is 4.79 Å². The van der Waals surface area contributed by atoms with E-state index >= 15 is 0 Å². The molecular weight excluding hydrogens is 250 g/mol. The molecule has 0 aromatic carbocycles. The zero-order valence-electron chi connectivity index (χ0n) is 10.5. The third-order valence-electron chi connectivity index (χ3n) is 3.63. The lowest BCUT2D eigenvalue weighted by Crippen LogP contribution is -2.40. The number of nitrogens with two attached hydrogens (primary N) is 1. The Bertz CT molecular complexity index is 452. The summed E-state index contributed by atoms with van der Waals surface area (Å²) in [7, 11) is 0. The van der Waals surface area contributed by atoms with Gasteiger partial charge in [0.2, 0.25) is 5.91 Å². The maximum Gasteiger partial charge on any atom is 0.225 e. The summed E-state index contributed by atoms with van der Waals surface area (Å²) in [6, 6.07) is 1.82. The molecule has 1 amide bonds. The molecule has 0 unspecified atom stereocenters. The summed E-state index contributed by atoms with van der Waals surface area (Å²) in [4.78, 5) is 16.0. The van der Waals surface area contributed by atoms with Crippen molar-refractivity contribution in [2.45, 2.75) is 32.6 Å². The molecule has 98 valence electrons. The highest BCUT2D eigenvalue weighted by molar-refractivity contribution is 6.32. The molecule has 0 bridgehead atoms. The molecular formula is C13H18ClN3O. The Balaban J connectivity index is 2.00. The van der Waals surface area contributed by atoms with Gasteiger partial charge in [-0.15, -0.1) is 0 Å². The van der Waals surface area contributed by atoms with Crippen molar-refractivity contribution in [3.8, 4) is 0 Å². The molecule has 1 aromatic rings. The number of hydrogen-bond donors (Lipinski definition) is 2. The van der Waals surface area contributed by atoms with E-state index < -0.39 is 0 Å². The molecule has 0 radical (unpaired) electrons. The molecule has 0 spiro atoms. The van der Waals surface area contributed by atoms with Crippen LogP contribution in [-0.2, 0) is 4.79 Å². The number of anilines is 1. The minimum atomic E-state index is -0.0329. The Labute approximate surface area is 112 Å². The van der Waals surface area contributed by atoms with Crippen LogP contribution in [0.4, 0.5) is 5.69 Å². The highest BCUT2D eigenvalue weighted by Gasteiger charge is 2.37. The van der Waals surface area contributed by atoms with Crippen LogP contribution in [0.1, 0.15) is 31.2 Å². The Kier molecular flexibility index (Phi) is 3.88. The van der Waals surface area contributed by atoms with Crippen LogP contribution >= 0.6 is 11.6 Å². The molecule has 5 heteroatoms. The van der Waals surface area contributed by atoms with Crippen LogP contribution in [0, 0.1) is 12.3 Å². The maximum absolute atomic E-state index is 12.0. The Hall–Kier alpha value is -1.13. The van der Waals surface area contributed by atoms with Crippen molar-refractivity contribution in [2.75, 3.05) is 11.9 Å². The lowest BCUT2D eigenvalue weighted by molar-refractivity contribution is -0.119. The highest BCUT2D eigenvalue weighted by Crippen LogP contribution is 2.43. The van der Waals surface area contributed by atoms with Crippen LogP contribution in [0.15, 0.2) is 12.3 Å². The average molecular weight is 268 g/mol. The topological polar surface area (TPSA) is 68.0 Å². The second-order valence-electron chi connectivity index (χ2n) is 5.13. The standard InChI is InChI=1S/C13H18ClN3O/c1-9-5-10(12(14)16-7-9)17-11(18)6-13(8-15)3-2-4-13/h5,7H,2-4,6,8,15H2,1H3,(H,17,18). The molecule has 4 nitrogen and oxygen atoms in total. The summed E-state index contributed by atoms with van der Waals surface area (Å²) in [6.45, 7) is 2.48. The van der Waals surface area contributed by atoms with Crippen LogP contribution < -0.4 is 11.1 Å². The van der Waals surface area contributed by atoms with E-state index in [1.165, 1.54) is 0 Å². The van der Waals surface area contributed by atoms with Crippen LogP contribution in [-0.4, -0.2) is 17.4 Å². The molecule has 1 aliphatic carbocycles. The fourth-order valence-electron chi connectivity index (χ4n) is 2.31. The summed E-state index contributed by atoms with van der Waals surface area (Å²) in [5.74, 6) is -0.0329. The third kappa shape index (κ3) is 2.82. The number of nitrogens with zero attached hydrogens (tertiary/aromatic N) is 1. The van der Waals surface area contributed by atoms with Crippen LogP contribution in [0.3, 0.4) is 0 Å². The Morgan fingerprint density at radius 1 is 1.61 bits per heavy atom. The van der Waals surface area contributed by atoms with Gasteiger partial charge in [-0.2, -0.15) is 0 Å². The van der Waals surface area contributed by atoms with Gasteiger partial charge in [0.05, 0.1) is 5.69 Å². The van der Waals surface area contributed by atoms with E-state index in [0.717, 1.165) is 24.8 Å². The van der Waals surface area contributed by atoms with Crippen molar-refractivity contribution in [3.05, 3.63) is 23.0 Å². The predicted octanol–water partition coefficient (Wildman–Crippen LogP) is 2.50. The van der Waals surface area contributed by atoms with E-state index in [0.29, 0.717) is 23.8 Å². The zero-order chi connectivity index (χ0) is 13.2. The molecule has 1 aromatic heterocycles. The van der Waals surface area contributed by atoms with Crippen molar-refractivity contribution < 1.29 is 4.79 Å². The fourth-order valence-corrected chi connectivity index (χ4v) is 2.46.